The summed E-state index contributed by atoms with van der Waals surface area (Å²) in [5, 5.41) is 10.9. The summed E-state index contributed by atoms with van der Waals surface area (Å²) in [7, 11) is 0. The molecule has 0 radical (unpaired) electrons. The molecular formula is C12H14ClN3. The molecule has 84 valence electrons. The lowest BCUT2D eigenvalue weighted by Gasteiger charge is -2.12. The number of aromatic nitrogens is 2. The molecule has 1 aromatic heterocycles. The van der Waals surface area contributed by atoms with E-state index in [4.69, 9.17) is 11.6 Å². The number of halogens is 1. The van der Waals surface area contributed by atoms with Crippen molar-refractivity contribution in [2.45, 2.75) is 19.5 Å². The highest BCUT2D eigenvalue weighted by Gasteiger charge is 2.06. The number of nitrogens with zero attached hydrogens (tertiary/aromatic N) is 1. The summed E-state index contributed by atoms with van der Waals surface area (Å²) in [4.78, 5) is 0. The quantitative estimate of drug-likeness (QED) is 0.856. The minimum absolute atomic E-state index is 0.259. The van der Waals surface area contributed by atoms with Crippen LogP contribution in [0, 0.1) is 0 Å². The maximum atomic E-state index is 6.07. The lowest BCUT2D eigenvalue weighted by Crippen LogP contribution is -2.17. The van der Waals surface area contributed by atoms with Gasteiger partial charge in [0.2, 0.25) is 0 Å². The van der Waals surface area contributed by atoms with Gasteiger partial charge >= 0.3 is 0 Å². The number of nitrogens with one attached hydrogen (secondary N) is 2. The van der Waals surface area contributed by atoms with Gasteiger partial charge in [-0.1, -0.05) is 29.8 Å². The Morgan fingerprint density at radius 3 is 2.94 bits per heavy atom. The first kappa shape index (κ1) is 11.2. The fourth-order valence-corrected chi connectivity index (χ4v) is 1.72. The zero-order valence-electron chi connectivity index (χ0n) is 9.07. The zero-order valence-corrected chi connectivity index (χ0v) is 9.83. The number of H-pyrrole nitrogens is 1. The van der Waals surface area contributed by atoms with Crippen molar-refractivity contribution < 1.29 is 0 Å². The van der Waals surface area contributed by atoms with Crippen molar-refractivity contribution in [3.05, 3.63) is 52.8 Å². The molecule has 2 N–H and O–H groups in total. The highest BCUT2D eigenvalue weighted by atomic mass is 35.5. The largest absolute Gasteiger partial charge is 0.306 e. The zero-order chi connectivity index (χ0) is 11.4. The van der Waals surface area contributed by atoms with Crippen molar-refractivity contribution in [1.29, 1.82) is 0 Å². The summed E-state index contributed by atoms with van der Waals surface area (Å²) >= 11 is 6.07. The number of aromatic amines is 1. The molecule has 0 spiro atoms. The molecular weight excluding hydrogens is 222 g/mol. The van der Waals surface area contributed by atoms with E-state index in [9.17, 15) is 0 Å². The van der Waals surface area contributed by atoms with E-state index in [2.05, 4.69) is 22.4 Å². The highest BCUT2D eigenvalue weighted by molar-refractivity contribution is 6.31. The Morgan fingerprint density at radius 2 is 2.25 bits per heavy atom. The van der Waals surface area contributed by atoms with Crippen LogP contribution in [0.2, 0.25) is 5.02 Å². The summed E-state index contributed by atoms with van der Waals surface area (Å²) in [5.41, 5.74) is 2.26. The van der Waals surface area contributed by atoms with Gasteiger partial charge in [0, 0.05) is 29.4 Å². The van der Waals surface area contributed by atoms with Crippen molar-refractivity contribution in [2.75, 3.05) is 0 Å². The molecule has 0 amide bonds. The Hall–Kier alpha value is -1.32. The minimum atomic E-state index is 0.259. The normalized spacial score (nSPS) is 12.6. The van der Waals surface area contributed by atoms with Gasteiger partial charge < -0.3 is 5.32 Å². The van der Waals surface area contributed by atoms with Crippen LogP contribution in [-0.2, 0) is 6.54 Å². The summed E-state index contributed by atoms with van der Waals surface area (Å²) in [6.07, 6.45) is 3.72. The van der Waals surface area contributed by atoms with Crippen molar-refractivity contribution in [3.8, 4) is 0 Å². The van der Waals surface area contributed by atoms with Crippen molar-refractivity contribution in [3.63, 3.8) is 0 Å². The van der Waals surface area contributed by atoms with E-state index in [1.165, 1.54) is 0 Å². The lowest BCUT2D eigenvalue weighted by atomic mass is 10.1. The molecule has 0 fully saturated rings. The van der Waals surface area contributed by atoms with Gasteiger partial charge in [0.25, 0.3) is 0 Å². The SMILES string of the molecule is CC(NCc1ccccc1Cl)c1cn[nH]c1. The maximum absolute atomic E-state index is 6.07. The molecule has 0 bridgehead atoms. The van der Waals surface area contributed by atoms with E-state index in [1.807, 2.05) is 36.7 Å². The van der Waals surface area contributed by atoms with Crippen LogP contribution in [0.15, 0.2) is 36.7 Å². The third-order valence-corrected chi connectivity index (χ3v) is 2.94. The van der Waals surface area contributed by atoms with Crippen LogP contribution in [0.4, 0.5) is 0 Å². The van der Waals surface area contributed by atoms with Crippen LogP contribution in [-0.4, -0.2) is 10.2 Å². The van der Waals surface area contributed by atoms with Gasteiger partial charge in [-0.15, -0.1) is 0 Å². The van der Waals surface area contributed by atoms with E-state index >= 15 is 0 Å². The lowest BCUT2D eigenvalue weighted by molar-refractivity contribution is 0.575. The second-order valence-electron chi connectivity index (χ2n) is 3.73. The first-order valence-electron chi connectivity index (χ1n) is 5.23. The monoisotopic (exact) mass is 235 g/mol. The average Bonchev–Trinajstić information content (AvgIpc) is 2.81. The first-order chi connectivity index (χ1) is 7.77. The molecule has 3 nitrogen and oxygen atoms in total. The number of hydrogen-bond donors (Lipinski definition) is 2. The molecule has 4 heteroatoms. The predicted octanol–water partition coefficient (Wildman–Crippen LogP) is 2.91. The average molecular weight is 236 g/mol. The smallest absolute Gasteiger partial charge is 0.0534 e. The van der Waals surface area contributed by atoms with Crippen molar-refractivity contribution in [1.82, 2.24) is 15.5 Å². The molecule has 0 aliphatic carbocycles. The molecule has 1 aromatic carbocycles. The molecule has 1 unspecified atom stereocenters. The molecule has 1 heterocycles. The fourth-order valence-electron chi connectivity index (χ4n) is 1.52. The minimum Gasteiger partial charge on any atom is -0.306 e. The van der Waals surface area contributed by atoms with Gasteiger partial charge in [0.15, 0.2) is 0 Å². The molecule has 1 atom stereocenters. The number of benzene rings is 1. The number of rotatable bonds is 4. The van der Waals surface area contributed by atoms with Gasteiger partial charge in [-0.2, -0.15) is 5.10 Å². The van der Waals surface area contributed by atoms with Crippen molar-refractivity contribution in [2.24, 2.45) is 0 Å². The Balaban J connectivity index is 1.95. The van der Waals surface area contributed by atoms with Crippen LogP contribution in [0.3, 0.4) is 0 Å². The van der Waals surface area contributed by atoms with Gasteiger partial charge in [0.05, 0.1) is 6.20 Å². The summed E-state index contributed by atoms with van der Waals surface area (Å²) in [5.74, 6) is 0. The third-order valence-electron chi connectivity index (χ3n) is 2.58. The molecule has 16 heavy (non-hydrogen) atoms. The Kier molecular flexibility index (Phi) is 3.59. The Morgan fingerprint density at radius 1 is 1.44 bits per heavy atom. The van der Waals surface area contributed by atoms with E-state index in [0.717, 1.165) is 22.7 Å². The molecule has 2 rings (SSSR count). The molecule has 0 saturated heterocycles. The Bertz CT molecular complexity index is 439. The van der Waals surface area contributed by atoms with Crippen LogP contribution in [0.5, 0.6) is 0 Å². The fraction of sp³-hybridized carbons (Fsp3) is 0.250. The molecule has 0 aliphatic heterocycles. The topological polar surface area (TPSA) is 40.7 Å². The third kappa shape index (κ3) is 2.62. The van der Waals surface area contributed by atoms with E-state index in [1.54, 1.807) is 0 Å². The van der Waals surface area contributed by atoms with E-state index < -0.39 is 0 Å². The molecule has 0 aliphatic rings. The van der Waals surface area contributed by atoms with Crippen molar-refractivity contribution >= 4 is 11.6 Å². The molecule has 2 aromatic rings. The van der Waals surface area contributed by atoms with Gasteiger partial charge in [-0.25, -0.2) is 0 Å². The Labute approximate surface area is 99.8 Å². The second kappa shape index (κ2) is 5.14. The highest BCUT2D eigenvalue weighted by Crippen LogP contribution is 2.16. The van der Waals surface area contributed by atoms with Crippen LogP contribution >= 0.6 is 11.6 Å². The van der Waals surface area contributed by atoms with Crippen LogP contribution in [0.1, 0.15) is 24.1 Å². The standard InChI is InChI=1S/C12H14ClN3/c1-9(11-7-15-16-8-11)14-6-10-4-2-3-5-12(10)13/h2-5,7-9,14H,6H2,1H3,(H,15,16). The van der Waals surface area contributed by atoms with Gasteiger partial charge in [0.1, 0.15) is 0 Å². The summed E-state index contributed by atoms with van der Waals surface area (Å²) in [6.45, 7) is 2.85. The maximum Gasteiger partial charge on any atom is 0.0534 e. The van der Waals surface area contributed by atoms with Gasteiger partial charge in [-0.3, -0.25) is 5.10 Å². The van der Waals surface area contributed by atoms with Gasteiger partial charge in [-0.05, 0) is 18.6 Å². The first-order valence-corrected chi connectivity index (χ1v) is 5.60. The van der Waals surface area contributed by atoms with E-state index in [0.29, 0.717) is 0 Å². The summed E-state index contributed by atoms with van der Waals surface area (Å²) in [6, 6.07) is 8.12. The predicted molar refractivity (Wildman–Crippen MR) is 65.3 cm³/mol. The van der Waals surface area contributed by atoms with Crippen LogP contribution < -0.4 is 5.32 Å². The molecule has 0 saturated carbocycles. The second-order valence-corrected chi connectivity index (χ2v) is 4.13. The number of hydrogen-bond acceptors (Lipinski definition) is 2. The van der Waals surface area contributed by atoms with E-state index in [-0.39, 0.29) is 6.04 Å². The summed E-state index contributed by atoms with van der Waals surface area (Å²) < 4.78 is 0. The van der Waals surface area contributed by atoms with Crippen LogP contribution in [0.25, 0.3) is 0 Å².